The molecular formula is C15H20ClN3. The third kappa shape index (κ3) is 3.58. The Morgan fingerprint density at radius 1 is 1.37 bits per heavy atom. The summed E-state index contributed by atoms with van der Waals surface area (Å²) < 4.78 is 2.03. The minimum atomic E-state index is 0.263. The lowest BCUT2D eigenvalue weighted by Crippen LogP contribution is -2.20. The molecule has 0 fully saturated rings. The first-order valence-electron chi connectivity index (χ1n) is 6.62. The molecule has 2 rings (SSSR count). The summed E-state index contributed by atoms with van der Waals surface area (Å²) in [5.41, 5.74) is 3.48. The largest absolute Gasteiger partial charge is 0.305 e. The molecule has 1 aromatic heterocycles. The van der Waals surface area contributed by atoms with E-state index in [0.717, 1.165) is 23.8 Å². The number of nitrogens with zero attached hydrogens (tertiary/aromatic N) is 2. The van der Waals surface area contributed by atoms with Crippen molar-refractivity contribution in [2.75, 3.05) is 0 Å². The number of halogens is 1. The van der Waals surface area contributed by atoms with Gasteiger partial charge in [0.15, 0.2) is 0 Å². The highest BCUT2D eigenvalue weighted by atomic mass is 35.5. The fourth-order valence-corrected chi connectivity index (χ4v) is 2.37. The molecule has 0 spiro atoms. The van der Waals surface area contributed by atoms with Crippen molar-refractivity contribution in [3.63, 3.8) is 0 Å². The molecular weight excluding hydrogens is 258 g/mol. The summed E-state index contributed by atoms with van der Waals surface area (Å²) in [6.45, 7) is 7.98. The lowest BCUT2D eigenvalue weighted by molar-refractivity contribution is 0.531. The maximum Gasteiger partial charge on any atom is 0.0597 e. The van der Waals surface area contributed by atoms with Crippen LogP contribution in [-0.4, -0.2) is 9.78 Å². The van der Waals surface area contributed by atoms with Crippen molar-refractivity contribution in [1.29, 1.82) is 0 Å². The van der Waals surface area contributed by atoms with E-state index in [1.54, 1.807) is 0 Å². The SMILES string of the molecule is CCn1nc(C)cc1CN[C@@H](C)c1cccc(Cl)c1. The van der Waals surface area contributed by atoms with Crippen LogP contribution in [0.25, 0.3) is 0 Å². The van der Waals surface area contributed by atoms with Gasteiger partial charge in [0, 0.05) is 24.2 Å². The second-order valence-corrected chi connectivity index (χ2v) is 5.19. The van der Waals surface area contributed by atoms with Crippen molar-refractivity contribution in [3.05, 3.63) is 52.3 Å². The van der Waals surface area contributed by atoms with Gasteiger partial charge >= 0.3 is 0 Å². The van der Waals surface area contributed by atoms with Crippen molar-refractivity contribution in [3.8, 4) is 0 Å². The maximum atomic E-state index is 6.02. The average molecular weight is 278 g/mol. The second kappa shape index (κ2) is 6.22. The van der Waals surface area contributed by atoms with Crippen molar-refractivity contribution < 1.29 is 0 Å². The molecule has 0 saturated heterocycles. The molecule has 0 saturated carbocycles. The fraction of sp³-hybridized carbons (Fsp3) is 0.400. The monoisotopic (exact) mass is 277 g/mol. The predicted octanol–water partition coefficient (Wildman–Crippen LogP) is 3.72. The van der Waals surface area contributed by atoms with E-state index in [9.17, 15) is 0 Å². The molecule has 0 bridgehead atoms. The molecule has 3 nitrogen and oxygen atoms in total. The van der Waals surface area contributed by atoms with E-state index in [1.165, 1.54) is 11.3 Å². The van der Waals surface area contributed by atoms with Crippen LogP contribution >= 0.6 is 11.6 Å². The van der Waals surface area contributed by atoms with Gasteiger partial charge in [-0.2, -0.15) is 5.10 Å². The quantitative estimate of drug-likeness (QED) is 0.903. The molecule has 1 N–H and O–H groups in total. The second-order valence-electron chi connectivity index (χ2n) is 4.75. The van der Waals surface area contributed by atoms with Gasteiger partial charge in [0.25, 0.3) is 0 Å². The molecule has 1 aromatic carbocycles. The van der Waals surface area contributed by atoms with E-state index < -0.39 is 0 Å². The van der Waals surface area contributed by atoms with Gasteiger partial charge in [-0.3, -0.25) is 4.68 Å². The van der Waals surface area contributed by atoms with Crippen molar-refractivity contribution in [2.24, 2.45) is 0 Å². The maximum absolute atomic E-state index is 6.02. The van der Waals surface area contributed by atoms with Gasteiger partial charge in [0.2, 0.25) is 0 Å². The number of nitrogens with one attached hydrogen (secondary N) is 1. The normalized spacial score (nSPS) is 12.6. The van der Waals surface area contributed by atoms with E-state index >= 15 is 0 Å². The minimum Gasteiger partial charge on any atom is -0.305 e. The summed E-state index contributed by atoms with van der Waals surface area (Å²) in [5, 5.41) is 8.74. The Hall–Kier alpha value is -1.32. The zero-order valence-corrected chi connectivity index (χ0v) is 12.4. The average Bonchev–Trinajstić information content (AvgIpc) is 2.76. The highest BCUT2D eigenvalue weighted by molar-refractivity contribution is 6.30. The van der Waals surface area contributed by atoms with Crippen LogP contribution in [0, 0.1) is 6.92 Å². The van der Waals surface area contributed by atoms with Gasteiger partial charge in [-0.15, -0.1) is 0 Å². The van der Waals surface area contributed by atoms with Crippen LogP contribution in [0.2, 0.25) is 5.02 Å². The van der Waals surface area contributed by atoms with Crippen LogP contribution in [-0.2, 0) is 13.1 Å². The fourth-order valence-electron chi connectivity index (χ4n) is 2.17. The molecule has 4 heteroatoms. The highest BCUT2D eigenvalue weighted by Crippen LogP contribution is 2.17. The molecule has 102 valence electrons. The summed E-state index contributed by atoms with van der Waals surface area (Å²) in [7, 11) is 0. The predicted molar refractivity (Wildman–Crippen MR) is 79.3 cm³/mol. The van der Waals surface area contributed by atoms with E-state index in [1.807, 2.05) is 29.8 Å². The van der Waals surface area contributed by atoms with Crippen LogP contribution in [0.15, 0.2) is 30.3 Å². The Labute approximate surface area is 119 Å². The molecule has 1 heterocycles. The summed E-state index contributed by atoms with van der Waals surface area (Å²) in [6, 6.07) is 10.4. The van der Waals surface area contributed by atoms with E-state index in [0.29, 0.717) is 0 Å². The number of hydrogen-bond acceptors (Lipinski definition) is 2. The first kappa shape index (κ1) is 14.1. The number of aryl methyl sites for hydroxylation is 2. The van der Waals surface area contributed by atoms with Crippen LogP contribution in [0.1, 0.15) is 36.8 Å². The molecule has 0 aliphatic carbocycles. The zero-order chi connectivity index (χ0) is 13.8. The molecule has 0 unspecified atom stereocenters. The molecule has 2 aromatic rings. The van der Waals surface area contributed by atoms with Crippen molar-refractivity contribution >= 4 is 11.6 Å². The van der Waals surface area contributed by atoms with Gasteiger partial charge < -0.3 is 5.32 Å². The molecule has 0 aliphatic heterocycles. The van der Waals surface area contributed by atoms with Gasteiger partial charge in [0.1, 0.15) is 0 Å². The Morgan fingerprint density at radius 2 is 2.16 bits per heavy atom. The standard InChI is InChI=1S/C15H20ClN3/c1-4-19-15(8-11(2)18-19)10-17-12(3)13-6-5-7-14(16)9-13/h5-9,12,17H,4,10H2,1-3H3/t12-/m0/s1. The summed E-state index contributed by atoms with van der Waals surface area (Å²) >= 11 is 6.02. The summed E-state index contributed by atoms with van der Waals surface area (Å²) in [5.74, 6) is 0. The molecule has 0 aliphatic rings. The Balaban J connectivity index is 2.02. The molecule has 0 amide bonds. The third-order valence-corrected chi connectivity index (χ3v) is 3.46. The highest BCUT2D eigenvalue weighted by Gasteiger charge is 2.08. The summed E-state index contributed by atoms with van der Waals surface area (Å²) in [4.78, 5) is 0. The van der Waals surface area contributed by atoms with Gasteiger partial charge in [-0.1, -0.05) is 23.7 Å². The van der Waals surface area contributed by atoms with Gasteiger partial charge in [0.05, 0.1) is 11.4 Å². The molecule has 0 radical (unpaired) electrons. The number of hydrogen-bond donors (Lipinski definition) is 1. The third-order valence-electron chi connectivity index (χ3n) is 3.22. The lowest BCUT2D eigenvalue weighted by atomic mass is 10.1. The van der Waals surface area contributed by atoms with Crippen molar-refractivity contribution in [2.45, 2.75) is 39.9 Å². The van der Waals surface area contributed by atoms with Crippen LogP contribution < -0.4 is 5.32 Å². The first-order chi connectivity index (χ1) is 9.10. The number of rotatable bonds is 5. The lowest BCUT2D eigenvalue weighted by Gasteiger charge is -2.15. The topological polar surface area (TPSA) is 29.9 Å². The Bertz CT molecular complexity index is 548. The molecule has 1 atom stereocenters. The molecule has 19 heavy (non-hydrogen) atoms. The van der Waals surface area contributed by atoms with E-state index in [-0.39, 0.29) is 6.04 Å². The minimum absolute atomic E-state index is 0.263. The van der Waals surface area contributed by atoms with Crippen LogP contribution in [0.5, 0.6) is 0 Å². The van der Waals surface area contributed by atoms with Crippen LogP contribution in [0.4, 0.5) is 0 Å². The summed E-state index contributed by atoms with van der Waals surface area (Å²) in [6.07, 6.45) is 0. The van der Waals surface area contributed by atoms with E-state index in [2.05, 4.69) is 36.4 Å². The first-order valence-corrected chi connectivity index (χ1v) is 7.00. The Kier molecular flexibility index (Phi) is 4.61. The van der Waals surface area contributed by atoms with Gasteiger partial charge in [-0.25, -0.2) is 0 Å². The number of aromatic nitrogens is 2. The number of benzene rings is 1. The zero-order valence-electron chi connectivity index (χ0n) is 11.7. The Morgan fingerprint density at radius 3 is 2.84 bits per heavy atom. The smallest absolute Gasteiger partial charge is 0.0597 e. The van der Waals surface area contributed by atoms with E-state index in [4.69, 9.17) is 11.6 Å². The van der Waals surface area contributed by atoms with Crippen molar-refractivity contribution in [1.82, 2.24) is 15.1 Å². The van der Waals surface area contributed by atoms with Crippen LogP contribution in [0.3, 0.4) is 0 Å². The van der Waals surface area contributed by atoms with Gasteiger partial charge in [-0.05, 0) is 44.5 Å².